The van der Waals surface area contributed by atoms with Crippen LogP contribution in [-0.4, -0.2) is 63.2 Å². The van der Waals surface area contributed by atoms with Crippen molar-refractivity contribution in [2.24, 2.45) is 11.8 Å². The first-order valence-corrected chi connectivity index (χ1v) is 8.88. The number of hydrogen-bond donors (Lipinski definition) is 0. The van der Waals surface area contributed by atoms with Gasteiger partial charge in [0.05, 0.1) is 21.3 Å². The minimum absolute atomic E-state index is 0.275. The van der Waals surface area contributed by atoms with E-state index in [0.29, 0.717) is 29.1 Å². The number of carbonyl (C=O) groups excluding carboxylic acids is 1. The average molecular weight is 348 g/mol. The third kappa shape index (κ3) is 3.68. The number of amides is 1. The lowest BCUT2D eigenvalue weighted by Crippen LogP contribution is -2.48. The molecule has 1 aromatic rings. The number of ether oxygens (including phenoxy) is 3. The van der Waals surface area contributed by atoms with Gasteiger partial charge in [0.25, 0.3) is 0 Å². The first-order chi connectivity index (χ1) is 12.1. The summed E-state index contributed by atoms with van der Waals surface area (Å²) in [4.78, 5) is 16.7. The highest BCUT2D eigenvalue weighted by molar-refractivity contribution is 5.81. The third-order valence-electron chi connectivity index (χ3n) is 5.29. The van der Waals surface area contributed by atoms with Crippen LogP contribution in [-0.2, 0) is 11.3 Å². The lowest BCUT2D eigenvalue weighted by atomic mass is 10.1. The maximum atomic E-state index is 12.3. The van der Waals surface area contributed by atoms with Crippen molar-refractivity contribution in [1.82, 2.24) is 9.80 Å². The number of nitrogens with zero attached hydrogens (tertiary/aromatic N) is 2. The van der Waals surface area contributed by atoms with Crippen LogP contribution in [0.4, 0.5) is 0 Å². The van der Waals surface area contributed by atoms with E-state index in [1.165, 1.54) is 0 Å². The Hall–Kier alpha value is -1.95. The molecule has 0 spiro atoms. The smallest absolute Gasteiger partial charge is 0.226 e. The highest BCUT2D eigenvalue weighted by Crippen LogP contribution is 2.41. The summed E-state index contributed by atoms with van der Waals surface area (Å²) < 4.78 is 16.4. The molecule has 2 atom stereocenters. The summed E-state index contributed by atoms with van der Waals surface area (Å²) >= 11 is 0. The van der Waals surface area contributed by atoms with Crippen molar-refractivity contribution < 1.29 is 19.0 Å². The van der Waals surface area contributed by atoms with Gasteiger partial charge in [0.15, 0.2) is 11.5 Å². The topological polar surface area (TPSA) is 51.2 Å². The Labute approximate surface area is 149 Å². The molecule has 2 aliphatic rings. The zero-order chi connectivity index (χ0) is 18.0. The van der Waals surface area contributed by atoms with Crippen molar-refractivity contribution in [2.75, 3.05) is 47.5 Å². The molecule has 1 aromatic carbocycles. The molecule has 1 aliphatic heterocycles. The molecule has 0 unspecified atom stereocenters. The maximum absolute atomic E-state index is 12.3. The highest BCUT2D eigenvalue weighted by atomic mass is 16.5. The minimum Gasteiger partial charge on any atom is -0.493 e. The molecule has 0 bridgehead atoms. The zero-order valence-corrected chi connectivity index (χ0v) is 15.6. The van der Waals surface area contributed by atoms with Crippen LogP contribution in [0.2, 0.25) is 0 Å². The fourth-order valence-corrected chi connectivity index (χ4v) is 3.56. The summed E-state index contributed by atoms with van der Waals surface area (Å²) in [6, 6.07) is 3.93. The molecule has 2 fully saturated rings. The largest absolute Gasteiger partial charge is 0.493 e. The number of piperazine rings is 1. The van der Waals surface area contributed by atoms with Gasteiger partial charge in [0, 0.05) is 44.2 Å². The van der Waals surface area contributed by atoms with E-state index in [1.54, 1.807) is 21.3 Å². The van der Waals surface area contributed by atoms with E-state index in [1.807, 2.05) is 17.0 Å². The van der Waals surface area contributed by atoms with E-state index < -0.39 is 0 Å². The second kappa shape index (κ2) is 7.52. The molecule has 1 amide bonds. The fourth-order valence-electron chi connectivity index (χ4n) is 3.56. The van der Waals surface area contributed by atoms with Crippen LogP contribution in [0.3, 0.4) is 0 Å². The highest BCUT2D eigenvalue weighted by Gasteiger charge is 2.41. The van der Waals surface area contributed by atoms with Crippen LogP contribution in [0, 0.1) is 11.8 Å². The lowest BCUT2D eigenvalue weighted by Gasteiger charge is -2.35. The Morgan fingerprint density at radius 3 is 2.20 bits per heavy atom. The fraction of sp³-hybridized carbons (Fsp3) is 0.632. The summed E-state index contributed by atoms with van der Waals surface area (Å²) in [6.45, 7) is 6.29. The summed E-state index contributed by atoms with van der Waals surface area (Å²) in [6.07, 6.45) is 1.06. The van der Waals surface area contributed by atoms with Gasteiger partial charge >= 0.3 is 0 Å². The van der Waals surface area contributed by atoms with Crippen LogP contribution in [0.25, 0.3) is 0 Å². The van der Waals surface area contributed by atoms with Gasteiger partial charge in [0.2, 0.25) is 11.7 Å². The molecule has 1 saturated carbocycles. The van der Waals surface area contributed by atoms with E-state index >= 15 is 0 Å². The third-order valence-corrected chi connectivity index (χ3v) is 5.29. The predicted octanol–water partition coefficient (Wildman–Crippen LogP) is 2.01. The maximum Gasteiger partial charge on any atom is 0.226 e. The predicted molar refractivity (Wildman–Crippen MR) is 95.2 cm³/mol. The number of rotatable bonds is 6. The van der Waals surface area contributed by atoms with Gasteiger partial charge in [-0.25, -0.2) is 0 Å². The lowest BCUT2D eigenvalue weighted by molar-refractivity contribution is -0.134. The molecular formula is C19H28N2O4. The second-order valence-corrected chi connectivity index (χ2v) is 6.91. The van der Waals surface area contributed by atoms with E-state index in [0.717, 1.165) is 44.7 Å². The Kier molecular flexibility index (Phi) is 5.37. The average Bonchev–Trinajstić information content (AvgIpc) is 3.37. The Balaban J connectivity index is 1.63. The molecule has 6 nitrogen and oxygen atoms in total. The molecule has 25 heavy (non-hydrogen) atoms. The summed E-state index contributed by atoms with van der Waals surface area (Å²) in [5.41, 5.74) is 1.07. The summed E-state index contributed by atoms with van der Waals surface area (Å²) in [7, 11) is 4.88. The van der Waals surface area contributed by atoms with Crippen molar-refractivity contribution >= 4 is 5.91 Å². The zero-order valence-electron chi connectivity index (χ0n) is 15.6. The molecule has 1 aliphatic carbocycles. The van der Waals surface area contributed by atoms with Crippen LogP contribution in [0.1, 0.15) is 18.9 Å². The van der Waals surface area contributed by atoms with Gasteiger partial charge in [-0.05, 0) is 18.4 Å². The standard InChI is InChI=1S/C19H28N2O4/c1-13-11-15(13)19(22)21-9-7-20(8-10-21)12-14-5-6-16(23-2)18(25-4)17(14)24-3/h5-6,13,15H,7-12H2,1-4H3/t13-,15-/m0/s1. The number of hydrogen-bond acceptors (Lipinski definition) is 5. The van der Waals surface area contributed by atoms with Crippen LogP contribution in [0.15, 0.2) is 12.1 Å². The number of carbonyl (C=O) groups is 1. The Morgan fingerprint density at radius 2 is 1.68 bits per heavy atom. The molecule has 0 radical (unpaired) electrons. The normalized spacial score (nSPS) is 23.3. The molecule has 1 saturated heterocycles. The van der Waals surface area contributed by atoms with E-state index in [9.17, 15) is 4.79 Å². The number of benzene rings is 1. The van der Waals surface area contributed by atoms with E-state index in [4.69, 9.17) is 14.2 Å². The Bertz CT molecular complexity index is 626. The molecule has 3 rings (SSSR count). The summed E-state index contributed by atoms with van der Waals surface area (Å²) in [5, 5.41) is 0. The molecule has 6 heteroatoms. The molecular weight excluding hydrogens is 320 g/mol. The number of methoxy groups -OCH3 is 3. The van der Waals surface area contributed by atoms with Crippen LogP contribution in [0.5, 0.6) is 17.2 Å². The van der Waals surface area contributed by atoms with Crippen molar-refractivity contribution in [3.63, 3.8) is 0 Å². The van der Waals surface area contributed by atoms with Crippen molar-refractivity contribution in [3.05, 3.63) is 17.7 Å². The van der Waals surface area contributed by atoms with Gasteiger partial charge in [-0.3, -0.25) is 9.69 Å². The minimum atomic E-state index is 0.275. The van der Waals surface area contributed by atoms with Gasteiger partial charge in [-0.1, -0.05) is 13.0 Å². The van der Waals surface area contributed by atoms with Crippen molar-refractivity contribution in [2.45, 2.75) is 19.9 Å². The van der Waals surface area contributed by atoms with Gasteiger partial charge < -0.3 is 19.1 Å². The second-order valence-electron chi connectivity index (χ2n) is 6.91. The van der Waals surface area contributed by atoms with E-state index in [2.05, 4.69) is 11.8 Å². The first kappa shape index (κ1) is 17.9. The van der Waals surface area contributed by atoms with Gasteiger partial charge in [-0.2, -0.15) is 0 Å². The van der Waals surface area contributed by atoms with Gasteiger partial charge in [0.1, 0.15) is 0 Å². The molecule has 138 valence electrons. The monoisotopic (exact) mass is 348 g/mol. The first-order valence-electron chi connectivity index (χ1n) is 8.88. The molecule has 1 heterocycles. The summed E-state index contributed by atoms with van der Waals surface area (Å²) in [5.74, 6) is 3.19. The van der Waals surface area contributed by atoms with Crippen molar-refractivity contribution in [1.29, 1.82) is 0 Å². The van der Waals surface area contributed by atoms with Crippen LogP contribution < -0.4 is 14.2 Å². The Morgan fingerprint density at radius 1 is 1.04 bits per heavy atom. The molecule has 0 N–H and O–H groups in total. The van der Waals surface area contributed by atoms with Crippen molar-refractivity contribution in [3.8, 4) is 17.2 Å². The quantitative estimate of drug-likeness (QED) is 0.787. The SMILES string of the molecule is COc1ccc(CN2CCN(C(=O)[C@H]3C[C@@H]3C)CC2)c(OC)c1OC. The van der Waals surface area contributed by atoms with E-state index in [-0.39, 0.29) is 5.92 Å². The molecule has 0 aromatic heterocycles. The van der Waals surface area contributed by atoms with Crippen LogP contribution >= 0.6 is 0 Å². The van der Waals surface area contributed by atoms with Gasteiger partial charge in [-0.15, -0.1) is 0 Å².